The van der Waals surface area contributed by atoms with Crippen LogP contribution in [0.4, 0.5) is 0 Å². The van der Waals surface area contributed by atoms with Crippen molar-refractivity contribution < 1.29 is 47.8 Å². The molecule has 0 fully saturated rings. The van der Waals surface area contributed by atoms with Gasteiger partial charge in [-0.15, -0.1) is 0 Å². The minimum absolute atomic E-state index is 0.143. The first-order chi connectivity index (χ1) is 15.6. The highest BCUT2D eigenvalue weighted by molar-refractivity contribution is 7.47. The molecule has 0 aliphatic carbocycles. The molecular formula is C21H40NO10P. The van der Waals surface area contributed by atoms with Gasteiger partial charge in [-0.3, -0.25) is 18.6 Å². The van der Waals surface area contributed by atoms with Crippen LogP contribution in [0.2, 0.25) is 0 Å². The molecule has 12 heteroatoms. The second kappa shape index (κ2) is 18.9. The van der Waals surface area contributed by atoms with Crippen molar-refractivity contribution in [2.24, 2.45) is 0 Å². The highest BCUT2D eigenvalue weighted by Crippen LogP contribution is 2.43. The summed E-state index contributed by atoms with van der Waals surface area (Å²) in [5.74, 6) is -2.41. The lowest BCUT2D eigenvalue weighted by atomic mass is 10.1. The average Bonchev–Trinajstić information content (AvgIpc) is 2.76. The number of aliphatic carboxylic acids is 1. The van der Waals surface area contributed by atoms with Crippen LogP contribution in [-0.2, 0) is 32.7 Å². The summed E-state index contributed by atoms with van der Waals surface area (Å²) < 4.78 is 26.1. The van der Waals surface area contributed by atoms with Crippen molar-refractivity contribution in [3.63, 3.8) is 0 Å². The van der Waals surface area contributed by atoms with Crippen LogP contribution in [0, 0.1) is 0 Å². The third-order valence-corrected chi connectivity index (χ3v) is 5.60. The number of hydrogen-bond donors (Lipinski definition) is 4. The molecule has 4 N–H and O–H groups in total. The van der Waals surface area contributed by atoms with E-state index in [1.165, 1.54) is 0 Å². The Morgan fingerprint density at radius 1 is 0.848 bits per heavy atom. The fourth-order valence-corrected chi connectivity index (χ4v) is 3.49. The van der Waals surface area contributed by atoms with Gasteiger partial charge in [-0.25, -0.2) is 9.36 Å². The summed E-state index contributed by atoms with van der Waals surface area (Å²) in [6.45, 7) is 2.23. The van der Waals surface area contributed by atoms with Crippen LogP contribution in [-0.4, -0.2) is 64.9 Å². The maximum absolute atomic E-state index is 11.9. The Labute approximate surface area is 195 Å². The number of amides is 1. The zero-order chi connectivity index (χ0) is 25.1. The second-order valence-electron chi connectivity index (χ2n) is 7.83. The number of carbonyl (C=O) groups is 3. The fourth-order valence-electron chi connectivity index (χ4n) is 2.72. The van der Waals surface area contributed by atoms with Crippen molar-refractivity contribution in [1.82, 2.24) is 5.32 Å². The molecule has 0 rings (SSSR count). The van der Waals surface area contributed by atoms with E-state index in [-0.39, 0.29) is 12.8 Å². The molecule has 0 heterocycles. The van der Waals surface area contributed by atoms with Crippen molar-refractivity contribution in [2.75, 3.05) is 19.8 Å². The fraction of sp³-hybridized carbons (Fsp3) is 0.857. The molecule has 1 amide bonds. The normalized spacial score (nSPS) is 14.8. The Morgan fingerprint density at radius 3 is 2.00 bits per heavy atom. The van der Waals surface area contributed by atoms with E-state index in [2.05, 4.69) is 21.3 Å². The number of phosphoric acid groups is 1. The number of aliphatic hydroxyl groups excluding tert-OH is 1. The van der Waals surface area contributed by atoms with Crippen molar-refractivity contribution in [1.29, 1.82) is 0 Å². The Bertz CT molecular complexity index is 616. The van der Waals surface area contributed by atoms with E-state index in [4.69, 9.17) is 4.74 Å². The predicted octanol–water partition coefficient (Wildman–Crippen LogP) is 2.92. The number of ether oxygens (including phenoxy) is 1. The van der Waals surface area contributed by atoms with Crippen LogP contribution >= 0.6 is 7.82 Å². The maximum Gasteiger partial charge on any atom is 0.472 e. The summed E-state index contributed by atoms with van der Waals surface area (Å²) in [4.78, 5) is 44.4. The van der Waals surface area contributed by atoms with E-state index in [1.807, 2.05) is 6.92 Å². The maximum atomic E-state index is 11.9. The molecule has 3 atom stereocenters. The lowest BCUT2D eigenvalue weighted by Gasteiger charge is -2.18. The molecule has 0 aliphatic heterocycles. The molecule has 0 radical (unpaired) electrons. The van der Waals surface area contributed by atoms with Gasteiger partial charge in [0.25, 0.3) is 0 Å². The number of esters is 1. The van der Waals surface area contributed by atoms with Crippen LogP contribution < -0.4 is 5.32 Å². The van der Waals surface area contributed by atoms with Crippen LogP contribution in [0.5, 0.6) is 0 Å². The standard InChI is InChI=1S/C21H40NO10P/c1-3-5-7-9-10-12-19(24)22-18(21(26)27)16-32-33(28,29)31-15-17(23)14-30-20(25)13-11-8-6-4-2/h17-18,23H,3-16H2,1-2H3,(H,22,24)(H,26,27)(H,28,29). The Morgan fingerprint density at radius 2 is 1.39 bits per heavy atom. The summed E-state index contributed by atoms with van der Waals surface area (Å²) in [5.41, 5.74) is 0. The summed E-state index contributed by atoms with van der Waals surface area (Å²) in [6, 6.07) is -1.53. The number of carbonyl (C=O) groups excluding carboxylic acids is 2. The molecule has 0 aromatic carbocycles. The van der Waals surface area contributed by atoms with Crippen molar-refractivity contribution >= 4 is 25.7 Å². The summed E-state index contributed by atoms with van der Waals surface area (Å²) in [6.07, 6.45) is 7.21. The first-order valence-electron chi connectivity index (χ1n) is 11.6. The summed E-state index contributed by atoms with van der Waals surface area (Å²) in [5, 5.41) is 21.2. The average molecular weight is 498 g/mol. The molecule has 0 aliphatic rings. The van der Waals surface area contributed by atoms with Gasteiger partial charge in [0.2, 0.25) is 5.91 Å². The van der Waals surface area contributed by atoms with Gasteiger partial charge >= 0.3 is 19.8 Å². The molecule has 0 saturated heterocycles. The zero-order valence-electron chi connectivity index (χ0n) is 19.7. The molecule has 11 nitrogen and oxygen atoms in total. The SMILES string of the molecule is CCCCCCCC(=O)NC(COP(=O)(O)OCC(O)COC(=O)CCCCCC)C(=O)O. The van der Waals surface area contributed by atoms with Crippen molar-refractivity contribution in [2.45, 2.75) is 96.6 Å². The van der Waals surface area contributed by atoms with Gasteiger partial charge in [-0.1, -0.05) is 58.8 Å². The molecule has 194 valence electrons. The number of phosphoric ester groups is 1. The van der Waals surface area contributed by atoms with Gasteiger partial charge in [-0.2, -0.15) is 0 Å². The van der Waals surface area contributed by atoms with Gasteiger partial charge in [0.05, 0.1) is 13.2 Å². The van der Waals surface area contributed by atoms with E-state index < -0.39 is 57.6 Å². The third kappa shape index (κ3) is 18.6. The molecule has 33 heavy (non-hydrogen) atoms. The molecule has 0 saturated carbocycles. The molecule has 0 bridgehead atoms. The van der Waals surface area contributed by atoms with Crippen molar-refractivity contribution in [3.8, 4) is 0 Å². The van der Waals surface area contributed by atoms with E-state index in [0.717, 1.165) is 44.9 Å². The highest BCUT2D eigenvalue weighted by Gasteiger charge is 2.28. The smallest absolute Gasteiger partial charge is 0.472 e. The third-order valence-electron chi connectivity index (χ3n) is 4.65. The summed E-state index contributed by atoms with van der Waals surface area (Å²) >= 11 is 0. The van der Waals surface area contributed by atoms with Crippen molar-refractivity contribution in [3.05, 3.63) is 0 Å². The van der Waals surface area contributed by atoms with Gasteiger partial charge in [-0.05, 0) is 12.8 Å². The Balaban J connectivity index is 4.24. The number of carboxylic acid groups (broad SMARTS) is 1. The first-order valence-corrected chi connectivity index (χ1v) is 13.1. The van der Waals surface area contributed by atoms with E-state index >= 15 is 0 Å². The molecular weight excluding hydrogens is 457 g/mol. The van der Waals surface area contributed by atoms with E-state index in [1.54, 1.807) is 0 Å². The van der Waals surface area contributed by atoms with E-state index in [9.17, 15) is 34.1 Å². The number of nitrogens with one attached hydrogen (secondary N) is 1. The second-order valence-corrected chi connectivity index (χ2v) is 9.28. The first kappa shape index (κ1) is 31.5. The number of hydrogen-bond acceptors (Lipinski definition) is 8. The highest BCUT2D eigenvalue weighted by atomic mass is 31.2. The zero-order valence-corrected chi connectivity index (χ0v) is 20.6. The van der Waals surface area contributed by atoms with Crippen LogP contribution in [0.15, 0.2) is 0 Å². The summed E-state index contributed by atoms with van der Waals surface area (Å²) in [7, 11) is -4.71. The molecule has 0 aromatic heterocycles. The minimum Gasteiger partial charge on any atom is -0.480 e. The number of aliphatic hydroxyl groups is 1. The van der Waals surface area contributed by atoms with Crippen LogP contribution in [0.25, 0.3) is 0 Å². The monoisotopic (exact) mass is 497 g/mol. The molecule has 3 unspecified atom stereocenters. The van der Waals surface area contributed by atoms with Crippen LogP contribution in [0.3, 0.4) is 0 Å². The van der Waals surface area contributed by atoms with Gasteiger partial charge in [0, 0.05) is 12.8 Å². The Hall–Kier alpha value is -1.52. The lowest BCUT2D eigenvalue weighted by Crippen LogP contribution is -2.43. The lowest BCUT2D eigenvalue weighted by molar-refractivity contribution is -0.147. The van der Waals surface area contributed by atoms with Gasteiger partial charge in [0.1, 0.15) is 12.7 Å². The van der Waals surface area contributed by atoms with E-state index in [0.29, 0.717) is 12.8 Å². The minimum atomic E-state index is -4.71. The predicted molar refractivity (Wildman–Crippen MR) is 120 cm³/mol. The van der Waals surface area contributed by atoms with Gasteiger partial charge < -0.3 is 25.2 Å². The largest absolute Gasteiger partial charge is 0.480 e. The molecule has 0 aromatic rings. The quantitative estimate of drug-likeness (QED) is 0.105. The van der Waals surface area contributed by atoms with Crippen LogP contribution in [0.1, 0.15) is 84.5 Å². The van der Waals surface area contributed by atoms with Gasteiger partial charge in [0.15, 0.2) is 6.04 Å². The number of rotatable bonds is 21. The number of unbranched alkanes of at least 4 members (excludes halogenated alkanes) is 7. The topological polar surface area (TPSA) is 169 Å². The molecule has 0 spiro atoms. The Kier molecular flexibility index (Phi) is 18.0. The number of carboxylic acids is 1.